The maximum Gasteiger partial charge on any atom is 0.338 e. The lowest BCUT2D eigenvalue weighted by atomic mass is 10.1. The number of esters is 2. The number of rotatable bonds is 8. The van der Waals surface area contributed by atoms with Crippen molar-refractivity contribution in [3.8, 4) is 5.69 Å². The Balaban J connectivity index is 1.73. The Bertz CT molecular complexity index is 1210. The van der Waals surface area contributed by atoms with Gasteiger partial charge < -0.3 is 14.8 Å². The molecule has 33 heavy (non-hydrogen) atoms. The highest BCUT2D eigenvalue weighted by molar-refractivity contribution is 6.31. The molecule has 1 aromatic heterocycles. The van der Waals surface area contributed by atoms with Crippen molar-refractivity contribution in [1.82, 2.24) is 14.8 Å². The van der Waals surface area contributed by atoms with E-state index in [1.54, 1.807) is 19.1 Å². The number of carbonyl (C=O) groups excluding carboxylic acids is 3. The number of nitrogens with zero attached hydrogens (tertiary/aromatic N) is 4. The van der Waals surface area contributed by atoms with Gasteiger partial charge in [-0.25, -0.2) is 19.3 Å². The monoisotopic (exact) mass is 473 g/mol. The van der Waals surface area contributed by atoms with Crippen molar-refractivity contribution in [3.05, 3.63) is 75.3 Å². The van der Waals surface area contributed by atoms with Crippen LogP contribution in [0.5, 0.6) is 0 Å². The van der Waals surface area contributed by atoms with Crippen molar-refractivity contribution in [3.63, 3.8) is 0 Å². The van der Waals surface area contributed by atoms with Gasteiger partial charge >= 0.3 is 11.9 Å². The van der Waals surface area contributed by atoms with Gasteiger partial charge in [0.15, 0.2) is 6.61 Å². The number of hydrogen-bond donors (Lipinski definition) is 1. The van der Waals surface area contributed by atoms with E-state index in [9.17, 15) is 24.5 Å². The summed E-state index contributed by atoms with van der Waals surface area (Å²) >= 11 is 6.00. The van der Waals surface area contributed by atoms with Crippen molar-refractivity contribution >= 4 is 40.8 Å². The number of nitro benzene ring substituents is 1. The summed E-state index contributed by atoms with van der Waals surface area (Å²) < 4.78 is 11.2. The molecule has 0 bridgehead atoms. The van der Waals surface area contributed by atoms with Crippen LogP contribution in [0.4, 0.5) is 11.4 Å². The Hall–Kier alpha value is -4.32. The summed E-state index contributed by atoms with van der Waals surface area (Å²) in [6, 6.07) is 7.68. The van der Waals surface area contributed by atoms with Crippen LogP contribution >= 0.6 is 11.6 Å². The fourth-order valence-corrected chi connectivity index (χ4v) is 2.88. The number of halogens is 1. The van der Waals surface area contributed by atoms with Crippen molar-refractivity contribution in [1.29, 1.82) is 0 Å². The second-order valence-electron chi connectivity index (χ2n) is 6.37. The number of aromatic nitrogens is 3. The summed E-state index contributed by atoms with van der Waals surface area (Å²) in [5.74, 6) is -2.58. The van der Waals surface area contributed by atoms with Crippen LogP contribution in [0.3, 0.4) is 0 Å². The lowest BCUT2D eigenvalue weighted by molar-refractivity contribution is -0.384. The molecular formula is C20H16ClN5O7. The highest BCUT2D eigenvalue weighted by Gasteiger charge is 2.20. The first kappa shape index (κ1) is 23.3. The van der Waals surface area contributed by atoms with Crippen LogP contribution in [0.25, 0.3) is 5.69 Å². The SMILES string of the molecule is CCOC(=O)c1cc(C(=O)OCC(=O)Nc2cc(Cl)ccc2-n2cncn2)cc([N+](=O)[O-])c1. The lowest BCUT2D eigenvalue weighted by Crippen LogP contribution is -2.22. The minimum atomic E-state index is -1.04. The van der Waals surface area contributed by atoms with E-state index in [4.69, 9.17) is 21.1 Å². The summed E-state index contributed by atoms with van der Waals surface area (Å²) in [7, 11) is 0. The van der Waals surface area contributed by atoms with E-state index >= 15 is 0 Å². The van der Waals surface area contributed by atoms with Gasteiger partial charge in [0.05, 0.1) is 34.0 Å². The lowest BCUT2D eigenvalue weighted by Gasteiger charge is -2.12. The highest BCUT2D eigenvalue weighted by atomic mass is 35.5. The Labute approximate surface area is 191 Å². The molecule has 1 N–H and O–H groups in total. The van der Waals surface area contributed by atoms with Crippen LogP contribution in [0.1, 0.15) is 27.6 Å². The number of nitro groups is 1. The standard InChI is InChI=1S/C20H16ClN5O7/c1-2-32-19(28)12-5-13(7-15(6-12)26(30)31)20(29)33-9-18(27)24-16-8-14(21)3-4-17(16)25-11-22-10-23-25/h3-8,10-11H,2,9H2,1H3,(H,24,27). The third-order valence-electron chi connectivity index (χ3n) is 4.11. The maximum absolute atomic E-state index is 12.4. The average molecular weight is 474 g/mol. The van der Waals surface area contributed by atoms with Gasteiger partial charge in [-0.3, -0.25) is 14.9 Å². The van der Waals surface area contributed by atoms with Crippen LogP contribution in [0, 0.1) is 10.1 Å². The van der Waals surface area contributed by atoms with E-state index in [0.29, 0.717) is 10.7 Å². The zero-order chi connectivity index (χ0) is 24.0. The number of benzene rings is 2. The van der Waals surface area contributed by atoms with Gasteiger partial charge in [-0.2, -0.15) is 5.10 Å². The fraction of sp³-hybridized carbons (Fsp3) is 0.150. The summed E-state index contributed by atoms with van der Waals surface area (Å²) in [5, 5.41) is 18.0. The molecule has 2 aromatic carbocycles. The van der Waals surface area contributed by atoms with Crippen LogP contribution < -0.4 is 5.32 Å². The van der Waals surface area contributed by atoms with Crippen LogP contribution in [0.2, 0.25) is 5.02 Å². The van der Waals surface area contributed by atoms with Gasteiger partial charge in [-0.05, 0) is 31.2 Å². The topological polar surface area (TPSA) is 156 Å². The quantitative estimate of drug-likeness (QED) is 0.295. The molecule has 170 valence electrons. The van der Waals surface area contributed by atoms with E-state index in [-0.39, 0.29) is 23.4 Å². The third-order valence-corrected chi connectivity index (χ3v) is 4.34. The number of carbonyl (C=O) groups is 3. The minimum Gasteiger partial charge on any atom is -0.462 e. The molecule has 3 rings (SSSR count). The molecule has 1 heterocycles. The molecule has 13 heteroatoms. The number of amides is 1. The Morgan fingerprint density at radius 3 is 2.42 bits per heavy atom. The minimum absolute atomic E-state index is 0.0432. The predicted molar refractivity (Wildman–Crippen MR) is 114 cm³/mol. The number of non-ortho nitro benzene ring substituents is 1. The predicted octanol–water partition coefficient (Wildman–Crippen LogP) is 2.80. The summed E-state index contributed by atoms with van der Waals surface area (Å²) in [6.45, 7) is 0.901. The highest BCUT2D eigenvalue weighted by Crippen LogP contribution is 2.24. The van der Waals surface area contributed by atoms with Crippen LogP contribution in [-0.2, 0) is 14.3 Å². The molecule has 0 atom stereocenters. The number of hydrogen-bond acceptors (Lipinski definition) is 9. The van der Waals surface area contributed by atoms with Crippen LogP contribution in [0.15, 0.2) is 49.1 Å². The van der Waals surface area contributed by atoms with Gasteiger partial charge in [-0.1, -0.05) is 11.6 Å². The van der Waals surface area contributed by atoms with Gasteiger partial charge in [0.2, 0.25) is 0 Å². The van der Waals surface area contributed by atoms with Gasteiger partial charge in [0.1, 0.15) is 12.7 Å². The number of nitrogens with one attached hydrogen (secondary N) is 1. The van der Waals surface area contributed by atoms with Gasteiger partial charge in [0, 0.05) is 17.2 Å². The molecule has 0 saturated carbocycles. The van der Waals surface area contributed by atoms with Crippen molar-refractivity contribution in [2.24, 2.45) is 0 Å². The molecule has 0 aliphatic carbocycles. The van der Waals surface area contributed by atoms with E-state index in [1.807, 2.05) is 0 Å². The largest absolute Gasteiger partial charge is 0.462 e. The van der Waals surface area contributed by atoms with Crippen molar-refractivity contribution in [2.75, 3.05) is 18.5 Å². The third kappa shape index (κ3) is 5.89. The maximum atomic E-state index is 12.4. The molecule has 0 aliphatic rings. The molecule has 0 unspecified atom stereocenters. The van der Waals surface area contributed by atoms with E-state index in [2.05, 4.69) is 15.4 Å². The fourth-order valence-electron chi connectivity index (χ4n) is 2.71. The second-order valence-corrected chi connectivity index (χ2v) is 6.81. The van der Waals surface area contributed by atoms with E-state index in [0.717, 1.165) is 18.2 Å². The van der Waals surface area contributed by atoms with Crippen molar-refractivity contribution in [2.45, 2.75) is 6.92 Å². The smallest absolute Gasteiger partial charge is 0.338 e. The second kappa shape index (κ2) is 10.3. The molecule has 0 spiro atoms. The first-order valence-electron chi connectivity index (χ1n) is 9.36. The average Bonchev–Trinajstić information content (AvgIpc) is 3.32. The molecule has 0 fully saturated rings. The molecular weight excluding hydrogens is 458 g/mol. The Morgan fingerprint density at radius 1 is 1.12 bits per heavy atom. The Kier molecular flexibility index (Phi) is 7.31. The zero-order valence-electron chi connectivity index (χ0n) is 17.1. The summed E-state index contributed by atoms with van der Waals surface area (Å²) in [5.41, 5.74) is -0.235. The van der Waals surface area contributed by atoms with Crippen molar-refractivity contribution < 1.29 is 28.8 Å². The molecule has 0 radical (unpaired) electrons. The number of anilines is 1. The molecule has 3 aromatic rings. The molecule has 0 saturated heterocycles. The van der Waals surface area contributed by atoms with Crippen LogP contribution in [-0.4, -0.2) is 50.7 Å². The summed E-state index contributed by atoms with van der Waals surface area (Å²) in [6.07, 6.45) is 2.73. The van der Waals surface area contributed by atoms with Gasteiger partial charge in [-0.15, -0.1) is 0 Å². The number of ether oxygens (including phenoxy) is 2. The first-order chi connectivity index (χ1) is 15.8. The molecule has 1 amide bonds. The first-order valence-corrected chi connectivity index (χ1v) is 9.74. The van der Waals surface area contributed by atoms with Gasteiger partial charge in [0.25, 0.3) is 11.6 Å². The Morgan fingerprint density at radius 2 is 1.82 bits per heavy atom. The zero-order valence-corrected chi connectivity index (χ0v) is 17.8. The van der Waals surface area contributed by atoms with E-state index < -0.39 is 35.1 Å². The normalized spacial score (nSPS) is 10.4. The summed E-state index contributed by atoms with van der Waals surface area (Å²) in [4.78, 5) is 50.9. The molecule has 12 nitrogen and oxygen atoms in total. The van der Waals surface area contributed by atoms with E-state index in [1.165, 1.54) is 23.4 Å². The molecule has 0 aliphatic heterocycles.